The predicted molar refractivity (Wildman–Crippen MR) is 72.5 cm³/mol. The van der Waals surface area contributed by atoms with Crippen molar-refractivity contribution in [3.8, 4) is 0 Å². The van der Waals surface area contributed by atoms with E-state index in [1.165, 1.54) is 6.42 Å². The molecule has 4 heteroatoms. The first-order chi connectivity index (χ1) is 8.72. The summed E-state index contributed by atoms with van der Waals surface area (Å²) in [5.74, 6) is 0.824. The van der Waals surface area contributed by atoms with Gasteiger partial charge in [0.15, 0.2) is 0 Å². The van der Waals surface area contributed by atoms with Crippen LogP contribution in [0.15, 0.2) is 24.5 Å². The second-order valence-corrected chi connectivity index (χ2v) is 4.91. The van der Waals surface area contributed by atoms with Gasteiger partial charge in [0.2, 0.25) is 5.91 Å². The SMILES string of the molecule is CCC1CCNC(C(=O)N(C)c2ccncc2)C1. The zero-order chi connectivity index (χ0) is 13.0. The van der Waals surface area contributed by atoms with E-state index in [2.05, 4.69) is 17.2 Å². The molecule has 98 valence electrons. The first-order valence-corrected chi connectivity index (χ1v) is 6.63. The Balaban J connectivity index is 2.02. The van der Waals surface area contributed by atoms with E-state index in [1.54, 1.807) is 17.3 Å². The molecule has 1 aromatic heterocycles. The Hall–Kier alpha value is -1.42. The fraction of sp³-hybridized carbons (Fsp3) is 0.571. The highest BCUT2D eigenvalue weighted by atomic mass is 16.2. The number of hydrogen-bond donors (Lipinski definition) is 1. The molecule has 1 amide bonds. The highest BCUT2D eigenvalue weighted by Crippen LogP contribution is 2.21. The lowest BCUT2D eigenvalue weighted by atomic mass is 9.90. The predicted octanol–water partition coefficient (Wildman–Crippen LogP) is 1.82. The number of amides is 1. The zero-order valence-electron chi connectivity index (χ0n) is 11.1. The Bertz CT molecular complexity index is 393. The molecule has 0 radical (unpaired) electrons. The van der Waals surface area contributed by atoms with Crippen LogP contribution in [-0.2, 0) is 4.79 Å². The first kappa shape index (κ1) is 13.0. The lowest BCUT2D eigenvalue weighted by molar-refractivity contribution is -0.121. The van der Waals surface area contributed by atoms with E-state index in [4.69, 9.17) is 0 Å². The lowest BCUT2D eigenvalue weighted by Gasteiger charge is -2.31. The van der Waals surface area contributed by atoms with Gasteiger partial charge < -0.3 is 10.2 Å². The second-order valence-electron chi connectivity index (χ2n) is 4.91. The summed E-state index contributed by atoms with van der Waals surface area (Å²) in [5.41, 5.74) is 0.899. The van der Waals surface area contributed by atoms with Crippen LogP contribution in [0.5, 0.6) is 0 Å². The molecule has 1 aliphatic heterocycles. The largest absolute Gasteiger partial charge is 0.314 e. The van der Waals surface area contributed by atoms with E-state index in [0.29, 0.717) is 5.92 Å². The second kappa shape index (κ2) is 5.96. The maximum atomic E-state index is 12.4. The summed E-state index contributed by atoms with van der Waals surface area (Å²) in [5, 5.41) is 3.33. The van der Waals surface area contributed by atoms with Gasteiger partial charge in [-0.1, -0.05) is 13.3 Å². The fourth-order valence-corrected chi connectivity index (χ4v) is 2.48. The van der Waals surface area contributed by atoms with Gasteiger partial charge in [-0.3, -0.25) is 9.78 Å². The summed E-state index contributed by atoms with van der Waals surface area (Å²) in [7, 11) is 1.83. The third-order valence-electron chi connectivity index (χ3n) is 3.77. The van der Waals surface area contributed by atoms with E-state index < -0.39 is 0 Å². The first-order valence-electron chi connectivity index (χ1n) is 6.63. The van der Waals surface area contributed by atoms with Crippen molar-refractivity contribution < 1.29 is 4.79 Å². The van der Waals surface area contributed by atoms with Crippen molar-refractivity contribution in [1.29, 1.82) is 0 Å². The van der Waals surface area contributed by atoms with Crippen molar-refractivity contribution in [2.45, 2.75) is 32.2 Å². The number of nitrogens with one attached hydrogen (secondary N) is 1. The molecular formula is C14H21N3O. The number of hydrogen-bond acceptors (Lipinski definition) is 3. The summed E-state index contributed by atoms with van der Waals surface area (Å²) in [6.07, 6.45) is 6.71. The van der Waals surface area contributed by atoms with Gasteiger partial charge in [-0.2, -0.15) is 0 Å². The van der Waals surface area contributed by atoms with Crippen LogP contribution in [0, 0.1) is 5.92 Å². The van der Waals surface area contributed by atoms with Gasteiger partial charge in [-0.05, 0) is 37.4 Å². The number of carbonyl (C=O) groups is 1. The van der Waals surface area contributed by atoms with E-state index in [0.717, 1.165) is 25.1 Å². The van der Waals surface area contributed by atoms with Crippen LogP contribution in [0.3, 0.4) is 0 Å². The van der Waals surface area contributed by atoms with Crippen LogP contribution in [0.1, 0.15) is 26.2 Å². The average molecular weight is 247 g/mol. The number of rotatable bonds is 3. The molecule has 18 heavy (non-hydrogen) atoms. The summed E-state index contributed by atoms with van der Waals surface area (Å²) < 4.78 is 0. The van der Waals surface area contributed by atoms with Crippen LogP contribution in [0.4, 0.5) is 5.69 Å². The molecule has 2 rings (SSSR count). The van der Waals surface area contributed by atoms with Crippen molar-refractivity contribution >= 4 is 11.6 Å². The van der Waals surface area contributed by atoms with Crippen LogP contribution in [0.2, 0.25) is 0 Å². The molecule has 2 atom stereocenters. The van der Waals surface area contributed by atoms with Crippen molar-refractivity contribution in [2.75, 3.05) is 18.5 Å². The third-order valence-corrected chi connectivity index (χ3v) is 3.77. The molecule has 0 spiro atoms. The molecule has 1 fully saturated rings. The maximum absolute atomic E-state index is 12.4. The van der Waals surface area contributed by atoms with E-state index in [-0.39, 0.29) is 11.9 Å². The Morgan fingerprint density at radius 2 is 2.22 bits per heavy atom. The van der Waals surface area contributed by atoms with Gasteiger partial charge >= 0.3 is 0 Å². The molecule has 1 aromatic rings. The summed E-state index contributed by atoms with van der Waals surface area (Å²) in [6.45, 7) is 3.14. The molecule has 0 aliphatic carbocycles. The molecular weight excluding hydrogens is 226 g/mol. The minimum Gasteiger partial charge on any atom is -0.314 e. The van der Waals surface area contributed by atoms with Crippen molar-refractivity contribution in [1.82, 2.24) is 10.3 Å². The van der Waals surface area contributed by atoms with E-state index >= 15 is 0 Å². The zero-order valence-corrected chi connectivity index (χ0v) is 11.1. The van der Waals surface area contributed by atoms with Gasteiger partial charge in [0.05, 0.1) is 6.04 Å². The Kier molecular flexibility index (Phi) is 4.31. The smallest absolute Gasteiger partial charge is 0.243 e. The number of likely N-dealkylation sites (N-methyl/N-ethyl adjacent to an activating group) is 1. The topological polar surface area (TPSA) is 45.2 Å². The van der Waals surface area contributed by atoms with Crippen LogP contribution >= 0.6 is 0 Å². The van der Waals surface area contributed by atoms with Crippen molar-refractivity contribution in [3.05, 3.63) is 24.5 Å². The monoisotopic (exact) mass is 247 g/mol. The van der Waals surface area contributed by atoms with Gasteiger partial charge in [0.1, 0.15) is 0 Å². The van der Waals surface area contributed by atoms with Gasteiger partial charge in [-0.15, -0.1) is 0 Å². The number of aromatic nitrogens is 1. The van der Waals surface area contributed by atoms with Gasteiger partial charge in [0, 0.05) is 25.1 Å². The Morgan fingerprint density at radius 3 is 2.89 bits per heavy atom. The van der Waals surface area contributed by atoms with Gasteiger partial charge in [-0.25, -0.2) is 0 Å². The minimum absolute atomic E-state index is 0.0399. The van der Waals surface area contributed by atoms with Crippen molar-refractivity contribution in [2.24, 2.45) is 5.92 Å². The number of nitrogens with zero attached hydrogens (tertiary/aromatic N) is 2. The Labute approximate surface area is 108 Å². The normalized spacial score (nSPS) is 23.7. The summed E-state index contributed by atoms with van der Waals surface area (Å²) >= 11 is 0. The molecule has 4 nitrogen and oxygen atoms in total. The summed E-state index contributed by atoms with van der Waals surface area (Å²) in [4.78, 5) is 18.1. The average Bonchev–Trinajstić information content (AvgIpc) is 2.46. The quantitative estimate of drug-likeness (QED) is 0.886. The summed E-state index contributed by atoms with van der Waals surface area (Å²) in [6, 6.07) is 3.68. The van der Waals surface area contributed by atoms with Crippen LogP contribution in [0.25, 0.3) is 0 Å². The number of carbonyl (C=O) groups excluding carboxylic acids is 1. The Morgan fingerprint density at radius 1 is 1.50 bits per heavy atom. The molecule has 2 unspecified atom stereocenters. The van der Waals surface area contributed by atoms with Crippen LogP contribution < -0.4 is 10.2 Å². The van der Waals surface area contributed by atoms with Crippen LogP contribution in [-0.4, -0.2) is 30.5 Å². The molecule has 1 saturated heterocycles. The lowest BCUT2D eigenvalue weighted by Crippen LogP contribution is -2.49. The molecule has 0 saturated carbocycles. The highest BCUT2D eigenvalue weighted by molar-refractivity contribution is 5.96. The number of pyridine rings is 1. The number of anilines is 1. The number of piperidine rings is 1. The van der Waals surface area contributed by atoms with Crippen molar-refractivity contribution in [3.63, 3.8) is 0 Å². The maximum Gasteiger partial charge on any atom is 0.243 e. The molecule has 1 N–H and O–H groups in total. The molecule has 2 heterocycles. The molecule has 0 bridgehead atoms. The standard InChI is InChI=1S/C14H21N3O/c1-3-11-4-9-16-13(10-11)14(18)17(2)12-5-7-15-8-6-12/h5-8,11,13,16H,3-4,9-10H2,1-2H3. The molecule has 1 aliphatic rings. The minimum atomic E-state index is -0.0399. The molecule has 0 aromatic carbocycles. The van der Waals surface area contributed by atoms with E-state index in [9.17, 15) is 4.79 Å². The fourth-order valence-electron chi connectivity index (χ4n) is 2.48. The van der Waals surface area contributed by atoms with Gasteiger partial charge in [0.25, 0.3) is 0 Å². The van der Waals surface area contributed by atoms with E-state index in [1.807, 2.05) is 19.2 Å². The highest BCUT2D eigenvalue weighted by Gasteiger charge is 2.28. The third kappa shape index (κ3) is 2.88.